The minimum atomic E-state index is -0.0473. The van der Waals surface area contributed by atoms with Gasteiger partial charge in [0, 0.05) is 43.7 Å². The number of carbonyl (C=O) groups is 2. The number of hydrogen-bond acceptors (Lipinski definition) is 5. The lowest BCUT2D eigenvalue weighted by Gasteiger charge is -2.17. The predicted molar refractivity (Wildman–Crippen MR) is 125 cm³/mol. The molecule has 2 aromatic heterocycles. The molecular weight excluding hydrogens is 408 g/mol. The highest BCUT2D eigenvalue weighted by Crippen LogP contribution is 2.39. The number of likely N-dealkylation sites (N-methyl/N-ethyl adjacent to an activating group) is 1. The Labute approximate surface area is 186 Å². The van der Waals surface area contributed by atoms with Gasteiger partial charge in [-0.3, -0.25) is 9.59 Å². The highest BCUT2D eigenvalue weighted by Gasteiger charge is 2.32. The fourth-order valence-electron chi connectivity index (χ4n) is 4.10. The van der Waals surface area contributed by atoms with Crippen molar-refractivity contribution in [3.63, 3.8) is 0 Å². The summed E-state index contributed by atoms with van der Waals surface area (Å²) in [7, 11) is 3.97. The molecule has 1 N–H and O–H groups in total. The van der Waals surface area contributed by atoms with Crippen molar-refractivity contribution in [2.75, 3.05) is 40.3 Å². The van der Waals surface area contributed by atoms with Crippen molar-refractivity contribution in [3.05, 3.63) is 64.7 Å². The lowest BCUT2D eigenvalue weighted by molar-refractivity contribution is -0.129. The van der Waals surface area contributed by atoms with Crippen LogP contribution in [0.3, 0.4) is 0 Å². The maximum absolute atomic E-state index is 13.0. The van der Waals surface area contributed by atoms with Crippen molar-refractivity contribution in [3.8, 4) is 0 Å². The first kappa shape index (κ1) is 21.5. The number of rotatable bonds is 7. The van der Waals surface area contributed by atoms with Crippen LogP contribution in [-0.2, 0) is 11.2 Å². The maximum Gasteiger partial charge on any atom is 0.261 e. The molecule has 1 atom stereocenters. The zero-order chi connectivity index (χ0) is 21.8. The number of nitrogens with one attached hydrogen (secondary N) is 1. The Bertz CT molecular complexity index is 1060. The smallest absolute Gasteiger partial charge is 0.261 e. The summed E-state index contributed by atoms with van der Waals surface area (Å²) in [6.07, 6.45) is 3.04. The molecule has 1 aliphatic heterocycles. The highest BCUT2D eigenvalue weighted by molar-refractivity contribution is 7.20. The summed E-state index contributed by atoms with van der Waals surface area (Å²) < 4.78 is 0. The number of nitrogens with zero attached hydrogens (tertiary/aromatic N) is 3. The lowest BCUT2D eigenvalue weighted by Crippen LogP contribution is -2.32. The fraction of sp³-hybridized carbons (Fsp3) is 0.375. The third-order valence-corrected chi connectivity index (χ3v) is 6.83. The van der Waals surface area contributed by atoms with Gasteiger partial charge < -0.3 is 15.1 Å². The third kappa shape index (κ3) is 4.94. The average Bonchev–Trinajstić information content (AvgIpc) is 3.39. The van der Waals surface area contributed by atoms with Crippen LogP contribution in [0, 0.1) is 0 Å². The number of carbonyl (C=O) groups excluding carboxylic acids is 2. The van der Waals surface area contributed by atoms with E-state index in [0.29, 0.717) is 19.5 Å². The van der Waals surface area contributed by atoms with E-state index in [1.165, 1.54) is 11.3 Å². The van der Waals surface area contributed by atoms with Gasteiger partial charge in [0.2, 0.25) is 5.91 Å². The van der Waals surface area contributed by atoms with E-state index in [0.717, 1.165) is 45.7 Å². The molecule has 1 saturated heterocycles. The van der Waals surface area contributed by atoms with Gasteiger partial charge in [-0.2, -0.15) is 0 Å². The van der Waals surface area contributed by atoms with E-state index in [2.05, 4.69) is 10.3 Å². The topological polar surface area (TPSA) is 65.5 Å². The second-order valence-corrected chi connectivity index (χ2v) is 9.25. The van der Waals surface area contributed by atoms with E-state index in [1.54, 1.807) is 6.20 Å². The second kappa shape index (κ2) is 9.58. The first-order valence-electron chi connectivity index (χ1n) is 10.6. The SMILES string of the molecule is CN(C)CCNC(=O)c1sc2ncccc2c1[C@H]1CCN(C(=O)Cc2ccccc2)C1. The van der Waals surface area contributed by atoms with Gasteiger partial charge in [-0.1, -0.05) is 36.4 Å². The first-order chi connectivity index (χ1) is 15.0. The van der Waals surface area contributed by atoms with Crippen LogP contribution in [-0.4, -0.2) is 66.9 Å². The summed E-state index contributed by atoms with van der Waals surface area (Å²) >= 11 is 1.45. The molecule has 3 aromatic rings. The van der Waals surface area contributed by atoms with Gasteiger partial charge in [-0.15, -0.1) is 11.3 Å². The Morgan fingerprint density at radius 2 is 2.00 bits per heavy atom. The Balaban J connectivity index is 1.53. The molecule has 6 nitrogen and oxygen atoms in total. The van der Waals surface area contributed by atoms with Crippen LogP contribution in [0.15, 0.2) is 48.7 Å². The molecule has 2 amide bonds. The molecule has 162 valence electrons. The molecule has 0 unspecified atom stereocenters. The monoisotopic (exact) mass is 436 g/mol. The van der Waals surface area contributed by atoms with Gasteiger partial charge in [0.05, 0.1) is 11.3 Å². The minimum Gasteiger partial charge on any atom is -0.350 e. The van der Waals surface area contributed by atoms with Crippen molar-refractivity contribution in [2.45, 2.75) is 18.8 Å². The summed E-state index contributed by atoms with van der Waals surface area (Å²) in [6, 6.07) is 13.8. The standard InChI is InChI=1S/C24H28N4O2S/c1-27(2)14-12-25-23(30)22-21(19-9-6-11-26-24(19)31-22)18-10-13-28(16-18)20(29)15-17-7-4-3-5-8-17/h3-9,11,18H,10,12-16H2,1-2H3,(H,25,30)/t18-/m0/s1. The molecule has 0 spiro atoms. The number of aromatic nitrogens is 1. The van der Waals surface area contributed by atoms with Crippen LogP contribution < -0.4 is 5.32 Å². The zero-order valence-corrected chi connectivity index (χ0v) is 18.8. The van der Waals surface area contributed by atoms with Crippen LogP contribution in [0.1, 0.15) is 33.1 Å². The number of likely N-dealkylation sites (tertiary alicyclic amines) is 1. The van der Waals surface area contributed by atoms with Crippen molar-refractivity contribution >= 4 is 33.4 Å². The van der Waals surface area contributed by atoms with Gasteiger partial charge in [-0.05, 0) is 37.7 Å². The highest BCUT2D eigenvalue weighted by atomic mass is 32.1. The van der Waals surface area contributed by atoms with Gasteiger partial charge in [-0.25, -0.2) is 4.98 Å². The summed E-state index contributed by atoms with van der Waals surface area (Å²) in [5, 5.41) is 4.08. The average molecular weight is 437 g/mol. The number of benzene rings is 1. The van der Waals surface area contributed by atoms with Crippen LogP contribution >= 0.6 is 11.3 Å². The molecule has 0 bridgehead atoms. The molecule has 0 saturated carbocycles. The molecule has 3 heterocycles. The minimum absolute atomic E-state index is 0.0473. The summed E-state index contributed by atoms with van der Waals surface area (Å²) in [4.78, 5) is 35.9. The van der Waals surface area contributed by atoms with E-state index in [9.17, 15) is 9.59 Å². The predicted octanol–water partition coefficient (Wildman–Crippen LogP) is 3.15. The van der Waals surface area contributed by atoms with Gasteiger partial charge in [0.25, 0.3) is 5.91 Å². The largest absolute Gasteiger partial charge is 0.350 e. The first-order valence-corrected chi connectivity index (χ1v) is 11.5. The zero-order valence-electron chi connectivity index (χ0n) is 18.0. The fourth-order valence-corrected chi connectivity index (χ4v) is 5.25. The summed E-state index contributed by atoms with van der Waals surface area (Å²) in [5.41, 5.74) is 2.08. The lowest BCUT2D eigenvalue weighted by atomic mass is 9.95. The van der Waals surface area contributed by atoms with Crippen LogP contribution in [0.5, 0.6) is 0 Å². The van der Waals surface area contributed by atoms with E-state index < -0.39 is 0 Å². The Morgan fingerprint density at radius 3 is 2.77 bits per heavy atom. The van der Waals surface area contributed by atoms with Crippen molar-refractivity contribution in [2.24, 2.45) is 0 Å². The molecule has 0 radical (unpaired) electrons. The molecule has 1 aromatic carbocycles. The van der Waals surface area contributed by atoms with Crippen LogP contribution in [0.2, 0.25) is 0 Å². The number of hydrogen-bond donors (Lipinski definition) is 1. The molecule has 1 aliphatic rings. The number of amides is 2. The third-order valence-electron chi connectivity index (χ3n) is 5.70. The van der Waals surface area contributed by atoms with Crippen molar-refractivity contribution in [1.82, 2.24) is 20.1 Å². The van der Waals surface area contributed by atoms with Crippen LogP contribution in [0.25, 0.3) is 10.2 Å². The molecule has 4 rings (SSSR count). The Kier molecular flexibility index (Phi) is 6.63. The van der Waals surface area contributed by atoms with E-state index in [1.807, 2.05) is 66.4 Å². The summed E-state index contributed by atoms with van der Waals surface area (Å²) in [5.74, 6) is 0.240. The number of fused-ring (bicyclic) bond motifs is 1. The number of thiophene rings is 1. The van der Waals surface area contributed by atoms with Gasteiger partial charge in [0.1, 0.15) is 4.83 Å². The van der Waals surface area contributed by atoms with Crippen LogP contribution in [0.4, 0.5) is 0 Å². The molecular formula is C24H28N4O2S. The van der Waals surface area contributed by atoms with E-state index >= 15 is 0 Å². The van der Waals surface area contributed by atoms with Gasteiger partial charge in [0.15, 0.2) is 0 Å². The molecule has 7 heteroatoms. The molecule has 31 heavy (non-hydrogen) atoms. The molecule has 0 aliphatic carbocycles. The second-order valence-electron chi connectivity index (χ2n) is 8.25. The van der Waals surface area contributed by atoms with E-state index in [-0.39, 0.29) is 17.7 Å². The summed E-state index contributed by atoms with van der Waals surface area (Å²) in [6.45, 7) is 2.74. The van der Waals surface area contributed by atoms with E-state index in [4.69, 9.17) is 0 Å². The Hall–Kier alpha value is -2.77. The molecule has 1 fully saturated rings. The van der Waals surface area contributed by atoms with Crippen molar-refractivity contribution < 1.29 is 9.59 Å². The van der Waals surface area contributed by atoms with Gasteiger partial charge >= 0.3 is 0 Å². The normalized spacial score (nSPS) is 16.2. The van der Waals surface area contributed by atoms with Crippen molar-refractivity contribution in [1.29, 1.82) is 0 Å². The number of pyridine rings is 1. The maximum atomic E-state index is 13.0. The quantitative estimate of drug-likeness (QED) is 0.618. The Morgan fingerprint density at radius 1 is 1.19 bits per heavy atom.